The molecule has 0 radical (unpaired) electrons. The number of aromatic nitrogens is 2. The first-order valence-corrected chi connectivity index (χ1v) is 9.76. The van der Waals surface area contributed by atoms with E-state index in [-0.39, 0.29) is 11.7 Å². The second-order valence-electron chi connectivity index (χ2n) is 6.23. The molecule has 0 aromatic carbocycles. The Bertz CT molecular complexity index is 622. The first kappa shape index (κ1) is 16.0. The summed E-state index contributed by atoms with van der Waals surface area (Å²) in [6.45, 7) is 6.75. The van der Waals surface area contributed by atoms with Gasteiger partial charge >= 0.3 is 0 Å². The van der Waals surface area contributed by atoms with Gasteiger partial charge in [-0.3, -0.25) is 4.68 Å². The summed E-state index contributed by atoms with van der Waals surface area (Å²) in [5.74, 6) is 0.959. The van der Waals surface area contributed by atoms with Crippen LogP contribution in [0.4, 0.5) is 0 Å². The second-order valence-corrected chi connectivity index (χ2v) is 8.49. The van der Waals surface area contributed by atoms with Crippen molar-refractivity contribution in [2.45, 2.75) is 45.7 Å². The highest BCUT2D eigenvalue weighted by Crippen LogP contribution is 2.35. The molecule has 1 aromatic rings. The number of hydrogen-bond donors (Lipinski definition) is 0. The van der Waals surface area contributed by atoms with Gasteiger partial charge in [0.05, 0.1) is 18.6 Å². The first-order chi connectivity index (χ1) is 10.5. The zero-order chi connectivity index (χ0) is 15.7. The van der Waals surface area contributed by atoms with Gasteiger partial charge < -0.3 is 4.74 Å². The van der Waals surface area contributed by atoms with Crippen LogP contribution in [0, 0.1) is 5.92 Å². The van der Waals surface area contributed by atoms with E-state index in [9.17, 15) is 8.42 Å². The average molecular weight is 327 g/mol. The normalized spacial score (nSPS) is 22.7. The van der Waals surface area contributed by atoms with Crippen LogP contribution < -0.4 is 0 Å². The molecule has 1 saturated carbocycles. The molecule has 0 bridgehead atoms. The Morgan fingerprint density at radius 3 is 2.77 bits per heavy atom. The van der Waals surface area contributed by atoms with E-state index in [2.05, 4.69) is 9.78 Å². The SMILES string of the molecule is CCOCC1CN(S(=O)(=O)CC)Cc2cnn(CC3CC3)c21. The molecule has 3 rings (SSSR count). The molecule has 1 aliphatic carbocycles. The second kappa shape index (κ2) is 6.29. The van der Waals surface area contributed by atoms with Crippen molar-refractivity contribution in [3.63, 3.8) is 0 Å². The van der Waals surface area contributed by atoms with Gasteiger partial charge in [-0.05, 0) is 32.6 Å². The maximum absolute atomic E-state index is 12.2. The van der Waals surface area contributed by atoms with Gasteiger partial charge in [0.25, 0.3) is 0 Å². The van der Waals surface area contributed by atoms with Crippen LogP contribution in [0.2, 0.25) is 0 Å². The Balaban J connectivity index is 1.88. The molecule has 0 N–H and O–H groups in total. The summed E-state index contributed by atoms with van der Waals surface area (Å²) < 4.78 is 33.8. The van der Waals surface area contributed by atoms with Gasteiger partial charge in [-0.15, -0.1) is 0 Å². The molecule has 22 heavy (non-hydrogen) atoms. The molecule has 0 amide bonds. The summed E-state index contributed by atoms with van der Waals surface area (Å²) in [5.41, 5.74) is 2.22. The van der Waals surface area contributed by atoms with Crippen LogP contribution in [0.1, 0.15) is 43.9 Å². The van der Waals surface area contributed by atoms with E-state index in [1.165, 1.54) is 18.5 Å². The summed E-state index contributed by atoms with van der Waals surface area (Å²) in [6, 6.07) is 0. The van der Waals surface area contributed by atoms with Crippen LogP contribution in [0.3, 0.4) is 0 Å². The Morgan fingerprint density at radius 2 is 2.14 bits per heavy atom. The lowest BCUT2D eigenvalue weighted by molar-refractivity contribution is 0.118. The highest BCUT2D eigenvalue weighted by Gasteiger charge is 2.35. The molecule has 0 saturated heterocycles. The lowest BCUT2D eigenvalue weighted by Crippen LogP contribution is -2.40. The van der Waals surface area contributed by atoms with Gasteiger partial charge in [0.1, 0.15) is 0 Å². The van der Waals surface area contributed by atoms with Crippen LogP contribution in [0.5, 0.6) is 0 Å². The van der Waals surface area contributed by atoms with E-state index >= 15 is 0 Å². The zero-order valence-electron chi connectivity index (χ0n) is 13.4. The number of sulfonamides is 1. The van der Waals surface area contributed by atoms with Crippen LogP contribution in [-0.4, -0.2) is 48.0 Å². The van der Waals surface area contributed by atoms with Crippen molar-refractivity contribution < 1.29 is 13.2 Å². The molecule has 2 aliphatic rings. The van der Waals surface area contributed by atoms with E-state index < -0.39 is 10.0 Å². The minimum absolute atomic E-state index is 0.0753. The Morgan fingerprint density at radius 1 is 1.36 bits per heavy atom. The van der Waals surface area contributed by atoms with E-state index in [0.717, 1.165) is 18.0 Å². The molecule has 2 heterocycles. The number of rotatable bonds is 7. The zero-order valence-corrected chi connectivity index (χ0v) is 14.2. The van der Waals surface area contributed by atoms with Crippen molar-refractivity contribution in [1.29, 1.82) is 0 Å². The predicted octanol–water partition coefficient (Wildman–Crippen LogP) is 1.58. The lowest BCUT2D eigenvalue weighted by Gasteiger charge is -2.32. The smallest absolute Gasteiger partial charge is 0.214 e. The first-order valence-electron chi connectivity index (χ1n) is 8.15. The fraction of sp³-hybridized carbons (Fsp3) is 0.800. The summed E-state index contributed by atoms with van der Waals surface area (Å²) >= 11 is 0. The fourth-order valence-corrected chi connectivity index (χ4v) is 4.20. The van der Waals surface area contributed by atoms with E-state index in [1.54, 1.807) is 11.2 Å². The van der Waals surface area contributed by atoms with Gasteiger partial charge in [-0.2, -0.15) is 9.40 Å². The van der Waals surface area contributed by atoms with Crippen molar-refractivity contribution in [2.24, 2.45) is 5.92 Å². The average Bonchev–Trinajstić information content (AvgIpc) is 3.24. The maximum Gasteiger partial charge on any atom is 0.214 e. The summed E-state index contributed by atoms with van der Waals surface area (Å²) in [5, 5.41) is 4.52. The molecule has 7 heteroatoms. The third kappa shape index (κ3) is 3.21. The minimum atomic E-state index is -3.18. The summed E-state index contributed by atoms with van der Waals surface area (Å²) in [6.07, 6.45) is 4.40. The monoisotopic (exact) mass is 327 g/mol. The van der Waals surface area contributed by atoms with Gasteiger partial charge in [0, 0.05) is 43.4 Å². The van der Waals surface area contributed by atoms with Crippen LogP contribution in [0.15, 0.2) is 6.20 Å². The lowest BCUT2D eigenvalue weighted by atomic mass is 9.98. The largest absolute Gasteiger partial charge is 0.381 e. The van der Waals surface area contributed by atoms with E-state index in [0.29, 0.717) is 26.3 Å². The molecule has 0 spiro atoms. The number of fused-ring (bicyclic) bond motifs is 1. The van der Waals surface area contributed by atoms with Crippen molar-refractivity contribution in [3.8, 4) is 0 Å². The van der Waals surface area contributed by atoms with Gasteiger partial charge in [0.15, 0.2) is 0 Å². The van der Waals surface area contributed by atoms with Crippen molar-refractivity contribution >= 4 is 10.0 Å². The molecule has 1 aliphatic heterocycles. The van der Waals surface area contributed by atoms with Crippen molar-refractivity contribution in [1.82, 2.24) is 14.1 Å². The van der Waals surface area contributed by atoms with Crippen molar-refractivity contribution in [3.05, 3.63) is 17.5 Å². The Kier molecular flexibility index (Phi) is 4.56. The Labute approximate surface area is 132 Å². The number of nitrogens with zero attached hydrogens (tertiary/aromatic N) is 3. The Hall–Kier alpha value is -0.920. The van der Waals surface area contributed by atoms with Crippen LogP contribution in [0.25, 0.3) is 0 Å². The molecule has 1 aromatic heterocycles. The summed E-state index contributed by atoms with van der Waals surface area (Å²) in [7, 11) is -3.18. The third-order valence-corrected chi connectivity index (χ3v) is 6.32. The van der Waals surface area contributed by atoms with Gasteiger partial charge in [0.2, 0.25) is 10.0 Å². The summed E-state index contributed by atoms with van der Waals surface area (Å²) in [4.78, 5) is 0. The highest BCUT2D eigenvalue weighted by molar-refractivity contribution is 7.89. The van der Waals surface area contributed by atoms with Gasteiger partial charge in [-0.1, -0.05) is 0 Å². The molecular weight excluding hydrogens is 302 g/mol. The standard InChI is InChI=1S/C15H25N3O3S/c1-3-21-11-14-10-17(22(19,20)4-2)9-13-7-16-18(15(13)14)8-12-5-6-12/h7,12,14H,3-6,8-11H2,1-2H3. The predicted molar refractivity (Wildman–Crippen MR) is 84.1 cm³/mol. The molecule has 124 valence electrons. The highest BCUT2D eigenvalue weighted by atomic mass is 32.2. The fourth-order valence-electron chi connectivity index (χ4n) is 3.09. The third-order valence-electron chi connectivity index (χ3n) is 4.53. The van der Waals surface area contributed by atoms with Gasteiger partial charge in [-0.25, -0.2) is 8.42 Å². The number of ether oxygens (including phenoxy) is 1. The maximum atomic E-state index is 12.2. The van der Waals surface area contributed by atoms with Crippen LogP contribution in [-0.2, 0) is 27.8 Å². The topological polar surface area (TPSA) is 64.4 Å². The molecule has 1 unspecified atom stereocenters. The van der Waals surface area contributed by atoms with E-state index in [4.69, 9.17) is 4.74 Å². The van der Waals surface area contributed by atoms with Crippen molar-refractivity contribution in [2.75, 3.05) is 25.5 Å². The van der Waals surface area contributed by atoms with E-state index in [1.807, 2.05) is 13.1 Å². The molecule has 6 nitrogen and oxygen atoms in total. The van der Waals surface area contributed by atoms with Crippen LogP contribution >= 0.6 is 0 Å². The number of hydrogen-bond acceptors (Lipinski definition) is 4. The molecular formula is C15H25N3O3S. The molecule has 1 atom stereocenters. The minimum Gasteiger partial charge on any atom is -0.381 e. The molecule has 1 fully saturated rings. The quantitative estimate of drug-likeness (QED) is 0.763.